The SMILES string of the molecule is CCNC(=O)[C@H](C)N(Cc1ccc(OC)cc1)C(=O)CN1C(=O)c2cccc3cccc1c23. The number of amides is 3. The van der Waals surface area contributed by atoms with Crippen LogP contribution < -0.4 is 15.0 Å². The molecule has 1 aliphatic heterocycles. The molecule has 33 heavy (non-hydrogen) atoms. The third kappa shape index (κ3) is 4.26. The number of carbonyl (C=O) groups excluding carboxylic acids is 3. The normalized spacial score (nSPS) is 13.2. The van der Waals surface area contributed by atoms with Gasteiger partial charge in [-0.1, -0.05) is 36.4 Å². The lowest BCUT2D eigenvalue weighted by molar-refractivity contribution is -0.139. The van der Waals surface area contributed by atoms with Gasteiger partial charge in [-0.15, -0.1) is 0 Å². The van der Waals surface area contributed by atoms with Gasteiger partial charge in [0.25, 0.3) is 5.91 Å². The monoisotopic (exact) mass is 445 g/mol. The standard InChI is InChI=1S/C26H27N3O4/c1-4-27-25(31)17(2)28(15-18-11-13-20(33-3)14-12-18)23(30)16-29-22-10-6-8-19-7-5-9-21(24(19)22)26(29)32/h5-14,17H,4,15-16H2,1-3H3,(H,27,31)/t17-/m0/s1. The molecule has 0 aliphatic carbocycles. The second kappa shape index (κ2) is 9.32. The quantitative estimate of drug-likeness (QED) is 0.577. The largest absolute Gasteiger partial charge is 0.497 e. The van der Waals surface area contributed by atoms with E-state index in [-0.39, 0.29) is 30.8 Å². The van der Waals surface area contributed by atoms with Crippen molar-refractivity contribution < 1.29 is 19.1 Å². The molecule has 0 fully saturated rings. The van der Waals surface area contributed by atoms with E-state index in [0.29, 0.717) is 17.9 Å². The zero-order chi connectivity index (χ0) is 23.5. The van der Waals surface area contributed by atoms with Crippen LogP contribution >= 0.6 is 0 Å². The molecule has 1 atom stereocenters. The van der Waals surface area contributed by atoms with Crippen molar-refractivity contribution in [3.05, 3.63) is 71.8 Å². The molecule has 0 aromatic heterocycles. The van der Waals surface area contributed by atoms with Crippen molar-refractivity contribution in [2.45, 2.75) is 26.4 Å². The van der Waals surface area contributed by atoms with Crippen LogP contribution in [-0.2, 0) is 16.1 Å². The Morgan fingerprint density at radius 1 is 1.06 bits per heavy atom. The molecule has 0 bridgehead atoms. The van der Waals surface area contributed by atoms with Gasteiger partial charge < -0.3 is 15.0 Å². The number of likely N-dealkylation sites (N-methyl/N-ethyl adjacent to an activating group) is 1. The van der Waals surface area contributed by atoms with Crippen LogP contribution in [0.5, 0.6) is 5.75 Å². The molecule has 1 aliphatic rings. The predicted octanol–water partition coefficient (Wildman–Crippen LogP) is 3.36. The lowest BCUT2D eigenvalue weighted by Crippen LogP contribution is -2.50. The average molecular weight is 446 g/mol. The second-order valence-corrected chi connectivity index (χ2v) is 8.01. The van der Waals surface area contributed by atoms with Crippen LogP contribution in [0.15, 0.2) is 60.7 Å². The van der Waals surface area contributed by atoms with Gasteiger partial charge in [-0.25, -0.2) is 0 Å². The fourth-order valence-electron chi connectivity index (χ4n) is 4.19. The van der Waals surface area contributed by atoms with Crippen LogP contribution in [0.4, 0.5) is 5.69 Å². The summed E-state index contributed by atoms with van der Waals surface area (Å²) in [4.78, 5) is 42.3. The summed E-state index contributed by atoms with van der Waals surface area (Å²) in [5.41, 5.74) is 2.17. The Balaban J connectivity index is 1.61. The number of rotatable bonds is 8. The second-order valence-electron chi connectivity index (χ2n) is 8.01. The Bertz CT molecular complexity index is 1200. The molecular formula is C26H27N3O4. The highest BCUT2D eigenvalue weighted by Crippen LogP contribution is 2.37. The van der Waals surface area contributed by atoms with Crippen LogP contribution in [-0.4, -0.2) is 48.9 Å². The molecular weight excluding hydrogens is 418 g/mol. The summed E-state index contributed by atoms with van der Waals surface area (Å²) in [6.07, 6.45) is 0. The van der Waals surface area contributed by atoms with Crippen molar-refractivity contribution in [3.8, 4) is 5.75 Å². The molecule has 0 spiro atoms. The summed E-state index contributed by atoms with van der Waals surface area (Å²) in [5.74, 6) is -0.0349. The number of nitrogens with one attached hydrogen (secondary N) is 1. The van der Waals surface area contributed by atoms with Crippen molar-refractivity contribution in [2.75, 3.05) is 25.1 Å². The van der Waals surface area contributed by atoms with Crippen LogP contribution in [0, 0.1) is 0 Å². The Morgan fingerprint density at radius 3 is 2.42 bits per heavy atom. The number of benzene rings is 3. The Morgan fingerprint density at radius 2 is 1.76 bits per heavy atom. The van der Waals surface area contributed by atoms with E-state index in [4.69, 9.17) is 4.74 Å². The summed E-state index contributed by atoms with van der Waals surface area (Å²) in [5, 5.41) is 4.60. The van der Waals surface area contributed by atoms with Gasteiger partial charge >= 0.3 is 0 Å². The minimum absolute atomic E-state index is 0.146. The van der Waals surface area contributed by atoms with E-state index in [1.165, 1.54) is 9.80 Å². The van der Waals surface area contributed by atoms with E-state index < -0.39 is 6.04 Å². The maximum atomic E-state index is 13.5. The topological polar surface area (TPSA) is 79.0 Å². The summed E-state index contributed by atoms with van der Waals surface area (Å²) in [7, 11) is 1.59. The molecule has 1 N–H and O–H groups in total. The number of anilines is 1. The highest BCUT2D eigenvalue weighted by Gasteiger charge is 2.34. The number of ether oxygens (including phenoxy) is 1. The van der Waals surface area contributed by atoms with E-state index in [9.17, 15) is 14.4 Å². The summed E-state index contributed by atoms with van der Waals surface area (Å²) in [6, 6.07) is 17.9. The summed E-state index contributed by atoms with van der Waals surface area (Å²) in [6.45, 7) is 4.09. The van der Waals surface area contributed by atoms with Crippen LogP contribution in [0.2, 0.25) is 0 Å². The van der Waals surface area contributed by atoms with Gasteiger partial charge in [0.05, 0.1) is 12.8 Å². The lowest BCUT2D eigenvalue weighted by atomic mass is 10.1. The average Bonchev–Trinajstić information content (AvgIpc) is 3.10. The van der Waals surface area contributed by atoms with Crippen molar-refractivity contribution in [3.63, 3.8) is 0 Å². The number of nitrogens with zero attached hydrogens (tertiary/aromatic N) is 2. The Labute approximate surface area is 192 Å². The molecule has 1 heterocycles. The molecule has 0 saturated heterocycles. The summed E-state index contributed by atoms with van der Waals surface area (Å²) < 4.78 is 5.21. The lowest BCUT2D eigenvalue weighted by Gasteiger charge is -2.30. The Hall–Kier alpha value is -3.87. The molecule has 3 aromatic carbocycles. The van der Waals surface area contributed by atoms with Crippen molar-refractivity contribution >= 4 is 34.2 Å². The highest BCUT2D eigenvalue weighted by molar-refractivity contribution is 6.26. The van der Waals surface area contributed by atoms with E-state index in [0.717, 1.165) is 22.0 Å². The number of hydrogen-bond acceptors (Lipinski definition) is 4. The predicted molar refractivity (Wildman–Crippen MR) is 127 cm³/mol. The first kappa shape index (κ1) is 22.3. The first-order chi connectivity index (χ1) is 15.9. The zero-order valence-corrected chi connectivity index (χ0v) is 19.0. The minimum atomic E-state index is -0.699. The van der Waals surface area contributed by atoms with Crippen molar-refractivity contribution in [2.24, 2.45) is 0 Å². The van der Waals surface area contributed by atoms with Gasteiger partial charge in [-0.3, -0.25) is 19.3 Å². The van der Waals surface area contributed by atoms with Crippen LogP contribution in [0.25, 0.3) is 10.8 Å². The van der Waals surface area contributed by atoms with Crippen molar-refractivity contribution in [1.29, 1.82) is 0 Å². The van der Waals surface area contributed by atoms with Gasteiger partial charge in [0.15, 0.2) is 0 Å². The first-order valence-electron chi connectivity index (χ1n) is 11.0. The van der Waals surface area contributed by atoms with E-state index in [1.54, 1.807) is 20.1 Å². The number of methoxy groups -OCH3 is 1. The number of carbonyl (C=O) groups is 3. The molecule has 7 heteroatoms. The highest BCUT2D eigenvalue weighted by atomic mass is 16.5. The van der Waals surface area contributed by atoms with E-state index >= 15 is 0 Å². The van der Waals surface area contributed by atoms with Gasteiger partial charge in [0.1, 0.15) is 18.3 Å². The fourth-order valence-corrected chi connectivity index (χ4v) is 4.19. The molecule has 0 radical (unpaired) electrons. The van der Waals surface area contributed by atoms with E-state index in [1.807, 2.05) is 61.5 Å². The molecule has 170 valence electrons. The van der Waals surface area contributed by atoms with Crippen LogP contribution in [0.3, 0.4) is 0 Å². The van der Waals surface area contributed by atoms with Crippen molar-refractivity contribution in [1.82, 2.24) is 10.2 Å². The molecule has 7 nitrogen and oxygen atoms in total. The molecule has 0 saturated carbocycles. The van der Waals surface area contributed by atoms with Gasteiger partial charge in [-0.05, 0) is 49.1 Å². The number of hydrogen-bond donors (Lipinski definition) is 1. The maximum Gasteiger partial charge on any atom is 0.259 e. The fraction of sp³-hybridized carbons (Fsp3) is 0.269. The molecule has 3 amide bonds. The van der Waals surface area contributed by atoms with Gasteiger partial charge in [0.2, 0.25) is 11.8 Å². The maximum absolute atomic E-state index is 13.5. The first-order valence-corrected chi connectivity index (χ1v) is 11.0. The molecule has 4 rings (SSSR count). The van der Waals surface area contributed by atoms with Gasteiger partial charge in [-0.2, -0.15) is 0 Å². The smallest absolute Gasteiger partial charge is 0.259 e. The molecule has 0 unspecified atom stereocenters. The van der Waals surface area contributed by atoms with Gasteiger partial charge in [0, 0.05) is 24.0 Å². The third-order valence-electron chi connectivity index (χ3n) is 5.97. The summed E-state index contributed by atoms with van der Waals surface area (Å²) >= 11 is 0. The molecule has 3 aromatic rings. The minimum Gasteiger partial charge on any atom is -0.497 e. The third-order valence-corrected chi connectivity index (χ3v) is 5.97. The Kier molecular flexibility index (Phi) is 6.31. The van der Waals surface area contributed by atoms with E-state index in [2.05, 4.69) is 5.32 Å². The zero-order valence-electron chi connectivity index (χ0n) is 19.0. The van der Waals surface area contributed by atoms with Crippen LogP contribution in [0.1, 0.15) is 29.8 Å².